The first-order valence-corrected chi connectivity index (χ1v) is 3.81. The zero-order valence-corrected chi connectivity index (χ0v) is 7.17. The van der Waals surface area contributed by atoms with Crippen LogP contribution >= 0.6 is 0 Å². The van der Waals surface area contributed by atoms with Crippen molar-refractivity contribution in [1.29, 1.82) is 0 Å². The molecule has 3 heteroatoms. The Labute approximate surface area is 72.3 Å². The standard InChI is InChI=1S/C9H13N3/c1-3-7-4-8(5-10)12-6-9(7)11-2/h3-4,6,11H,1,5,10H2,2H3. The molecule has 0 saturated carbocycles. The smallest absolute Gasteiger partial charge is 0.0597 e. The van der Waals surface area contributed by atoms with Crippen molar-refractivity contribution in [2.24, 2.45) is 5.73 Å². The van der Waals surface area contributed by atoms with E-state index >= 15 is 0 Å². The van der Waals surface area contributed by atoms with Gasteiger partial charge in [0.15, 0.2) is 0 Å². The number of aromatic nitrogens is 1. The summed E-state index contributed by atoms with van der Waals surface area (Å²) in [5.74, 6) is 0. The molecule has 12 heavy (non-hydrogen) atoms. The summed E-state index contributed by atoms with van der Waals surface area (Å²) < 4.78 is 0. The second kappa shape index (κ2) is 3.88. The third kappa shape index (κ3) is 1.62. The number of hydrogen-bond donors (Lipinski definition) is 2. The van der Waals surface area contributed by atoms with Gasteiger partial charge < -0.3 is 11.1 Å². The van der Waals surface area contributed by atoms with Gasteiger partial charge >= 0.3 is 0 Å². The summed E-state index contributed by atoms with van der Waals surface area (Å²) in [4.78, 5) is 4.14. The maximum atomic E-state index is 5.45. The van der Waals surface area contributed by atoms with Crippen LogP contribution in [0, 0.1) is 0 Å². The third-order valence-electron chi connectivity index (χ3n) is 1.69. The van der Waals surface area contributed by atoms with Crippen LogP contribution in [0.5, 0.6) is 0 Å². The minimum Gasteiger partial charge on any atom is -0.386 e. The van der Waals surface area contributed by atoms with Crippen LogP contribution in [-0.4, -0.2) is 12.0 Å². The molecule has 1 rings (SSSR count). The fourth-order valence-corrected chi connectivity index (χ4v) is 1.01. The van der Waals surface area contributed by atoms with Gasteiger partial charge in [0, 0.05) is 19.2 Å². The van der Waals surface area contributed by atoms with E-state index < -0.39 is 0 Å². The number of hydrogen-bond acceptors (Lipinski definition) is 3. The molecule has 0 aliphatic rings. The molecular weight excluding hydrogens is 150 g/mol. The third-order valence-corrected chi connectivity index (χ3v) is 1.69. The van der Waals surface area contributed by atoms with Crippen molar-refractivity contribution in [1.82, 2.24) is 4.98 Å². The second-order valence-electron chi connectivity index (χ2n) is 2.42. The lowest BCUT2D eigenvalue weighted by molar-refractivity contribution is 0.989. The summed E-state index contributed by atoms with van der Waals surface area (Å²) in [5.41, 5.74) is 8.34. The van der Waals surface area contributed by atoms with E-state index in [0.717, 1.165) is 16.9 Å². The number of nitrogens with one attached hydrogen (secondary N) is 1. The van der Waals surface area contributed by atoms with Crippen molar-refractivity contribution < 1.29 is 0 Å². The van der Waals surface area contributed by atoms with Crippen LogP contribution in [0.15, 0.2) is 18.8 Å². The van der Waals surface area contributed by atoms with Gasteiger partial charge in [-0.2, -0.15) is 0 Å². The van der Waals surface area contributed by atoms with Gasteiger partial charge in [0.05, 0.1) is 17.6 Å². The van der Waals surface area contributed by atoms with Gasteiger partial charge in [-0.05, 0) is 6.07 Å². The number of pyridine rings is 1. The van der Waals surface area contributed by atoms with Crippen molar-refractivity contribution >= 4 is 11.8 Å². The van der Waals surface area contributed by atoms with E-state index in [9.17, 15) is 0 Å². The van der Waals surface area contributed by atoms with Crippen molar-refractivity contribution in [3.63, 3.8) is 0 Å². The zero-order valence-electron chi connectivity index (χ0n) is 7.17. The van der Waals surface area contributed by atoms with Crippen molar-refractivity contribution in [2.75, 3.05) is 12.4 Å². The normalized spacial score (nSPS) is 9.50. The van der Waals surface area contributed by atoms with Gasteiger partial charge in [0.2, 0.25) is 0 Å². The molecule has 3 nitrogen and oxygen atoms in total. The van der Waals surface area contributed by atoms with E-state index in [2.05, 4.69) is 16.9 Å². The Morgan fingerprint density at radius 2 is 2.50 bits per heavy atom. The molecule has 3 N–H and O–H groups in total. The van der Waals surface area contributed by atoms with Crippen LogP contribution in [0.2, 0.25) is 0 Å². The molecule has 0 radical (unpaired) electrons. The molecule has 0 aliphatic carbocycles. The van der Waals surface area contributed by atoms with Crippen molar-refractivity contribution in [3.05, 3.63) is 30.1 Å². The molecule has 0 spiro atoms. The molecule has 0 aliphatic heterocycles. The first-order valence-electron chi connectivity index (χ1n) is 3.81. The SMILES string of the molecule is C=Cc1cc(CN)ncc1NC. The first-order chi connectivity index (χ1) is 5.81. The summed E-state index contributed by atoms with van der Waals surface area (Å²) >= 11 is 0. The average molecular weight is 163 g/mol. The number of nitrogens with two attached hydrogens (primary N) is 1. The predicted octanol–water partition coefficient (Wildman–Crippen LogP) is 1.23. The Bertz CT molecular complexity index is 281. The molecule has 1 aromatic rings. The van der Waals surface area contributed by atoms with Gasteiger partial charge in [-0.15, -0.1) is 0 Å². The Morgan fingerprint density at radius 3 is 3.00 bits per heavy atom. The molecule has 0 bridgehead atoms. The van der Waals surface area contributed by atoms with Gasteiger partial charge in [-0.3, -0.25) is 4.98 Å². The Kier molecular flexibility index (Phi) is 2.82. The summed E-state index contributed by atoms with van der Waals surface area (Å²) in [6, 6.07) is 1.93. The minimum absolute atomic E-state index is 0.463. The molecule has 0 fully saturated rings. The molecule has 0 amide bonds. The molecular formula is C9H13N3. The first kappa shape index (κ1) is 8.74. The topological polar surface area (TPSA) is 50.9 Å². The van der Waals surface area contributed by atoms with E-state index in [1.807, 2.05) is 13.1 Å². The average Bonchev–Trinajstić information content (AvgIpc) is 2.16. The largest absolute Gasteiger partial charge is 0.386 e. The highest BCUT2D eigenvalue weighted by atomic mass is 14.9. The molecule has 1 heterocycles. The molecule has 64 valence electrons. The van der Waals surface area contributed by atoms with E-state index in [4.69, 9.17) is 5.73 Å². The fraction of sp³-hybridized carbons (Fsp3) is 0.222. The van der Waals surface area contributed by atoms with E-state index in [0.29, 0.717) is 6.54 Å². The highest BCUT2D eigenvalue weighted by Gasteiger charge is 1.98. The molecule has 0 atom stereocenters. The summed E-state index contributed by atoms with van der Waals surface area (Å²) in [6.45, 7) is 4.17. The predicted molar refractivity (Wildman–Crippen MR) is 51.8 cm³/mol. The van der Waals surface area contributed by atoms with Gasteiger partial charge in [0.25, 0.3) is 0 Å². The maximum Gasteiger partial charge on any atom is 0.0597 e. The van der Waals surface area contributed by atoms with Crippen LogP contribution in [-0.2, 0) is 6.54 Å². The van der Waals surface area contributed by atoms with Crippen LogP contribution in [0.25, 0.3) is 6.08 Å². The quantitative estimate of drug-likeness (QED) is 0.704. The number of nitrogens with zero attached hydrogens (tertiary/aromatic N) is 1. The summed E-state index contributed by atoms with van der Waals surface area (Å²) in [7, 11) is 1.85. The molecule has 1 aromatic heterocycles. The van der Waals surface area contributed by atoms with Crippen LogP contribution in [0.3, 0.4) is 0 Å². The summed E-state index contributed by atoms with van der Waals surface area (Å²) in [5, 5.41) is 3.02. The Balaban J connectivity index is 3.10. The Morgan fingerprint density at radius 1 is 1.75 bits per heavy atom. The lowest BCUT2D eigenvalue weighted by Crippen LogP contribution is -2.01. The lowest BCUT2D eigenvalue weighted by atomic mass is 10.2. The molecule has 0 unspecified atom stereocenters. The van der Waals surface area contributed by atoms with Crippen molar-refractivity contribution in [2.45, 2.75) is 6.54 Å². The molecule has 0 aromatic carbocycles. The number of anilines is 1. The number of rotatable bonds is 3. The lowest BCUT2D eigenvalue weighted by Gasteiger charge is -2.05. The van der Waals surface area contributed by atoms with Gasteiger partial charge in [0.1, 0.15) is 0 Å². The highest BCUT2D eigenvalue weighted by Crippen LogP contribution is 2.15. The van der Waals surface area contributed by atoms with Gasteiger partial charge in [-0.25, -0.2) is 0 Å². The minimum atomic E-state index is 0.463. The summed E-state index contributed by atoms with van der Waals surface area (Å²) in [6.07, 6.45) is 3.55. The zero-order chi connectivity index (χ0) is 8.97. The van der Waals surface area contributed by atoms with Crippen LogP contribution < -0.4 is 11.1 Å². The van der Waals surface area contributed by atoms with Gasteiger partial charge in [-0.1, -0.05) is 12.7 Å². The van der Waals surface area contributed by atoms with Crippen LogP contribution in [0.4, 0.5) is 5.69 Å². The highest BCUT2D eigenvalue weighted by molar-refractivity contribution is 5.64. The van der Waals surface area contributed by atoms with E-state index in [-0.39, 0.29) is 0 Å². The van der Waals surface area contributed by atoms with E-state index in [1.54, 1.807) is 12.3 Å². The second-order valence-corrected chi connectivity index (χ2v) is 2.42. The van der Waals surface area contributed by atoms with Crippen LogP contribution in [0.1, 0.15) is 11.3 Å². The maximum absolute atomic E-state index is 5.45. The Hall–Kier alpha value is -1.35. The molecule has 0 saturated heterocycles. The fourth-order valence-electron chi connectivity index (χ4n) is 1.01. The monoisotopic (exact) mass is 163 g/mol. The van der Waals surface area contributed by atoms with Crippen molar-refractivity contribution in [3.8, 4) is 0 Å². The van der Waals surface area contributed by atoms with E-state index in [1.165, 1.54) is 0 Å².